The summed E-state index contributed by atoms with van der Waals surface area (Å²) in [6.07, 6.45) is 5.88. The molecule has 0 saturated carbocycles. The quantitative estimate of drug-likeness (QED) is 0.201. The van der Waals surface area contributed by atoms with Crippen molar-refractivity contribution in [2.24, 2.45) is 0 Å². The molecule has 0 heterocycles. The fraction of sp³-hybridized carbons (Fsp3) is 0.407. The summed E-state index contributed by atoms with van der Waals surface area (Å²) < 4.78 is 11.3. The summed E-state index contributed by atoms with van der Waals surface area (Å²) >= 11 is 0. The minimum Gasteiger partial charge on any atom is -0.462 e. The predicted molar refractivity (Wildman–Crippen MR) is 126 cm³/mol. The van der Waals surface area contributed by atoms with Crippen LogP contribution in [0.25, 0.3) is 21.5 Å². The van der Waals surface area contributed by atoms with E-state index in [2.05, 4.69) is 13.8 Å². The van der Waals surface area contributed by atoms with E-state index in [1.165, 1.54) is 0 Å². The average Bonchev–Trinajstić information content (AvgIpc) is 2.78. The molecular weight excluding hydrogens is 388 g/mol. The summed E-state index contributed by atoms with van der Waals surface area (Å²) in [5.74, 6) is -0.680. The largest absolute Gasteiger partial charge is 0.462 e. The normalized spacial score (nSPS) is 11.1. The Hall–Kier alpha value is -2.88. The van der Waals surface area contributed by atoms with Crippen molar-refractivity contribution >= 4 is 33.5 Å². The monoisotopic (exact) mass is 420 g/mol. The molecule has 0 unspecified atom stereocenters. The molecule has 0 aromatic heterocycles. The van der Waals surface area contributed by atoms with Crippen LogP contribution in [0.15, 0.2) is 42.5 Å². The van der Waals surface area contributed by atoms with Gasteiger partial charge < -0.3 is 9.47 Å². The van der Waals surface area contributed by atoms with Crippen LogP contribution in [0.4, 0.5) is 0 Å². The van der Waals surface area contributed by atoms with Gasteiger partial charge in [-0.3, -0.25) is 0 Å². The Morgan fingerprint density at radius 3 is 1.77 bits per heavy atom. The fourth-order valence-electron chi connectivity index (χ4n) is 4.02. The van der Waals surface area contributed by atoms with Gasteiger partial charge in [0, 0.05) is 5.39 Å². The fourth-order valence-corrected chi connectivity index (χ4v) is 4.02. The van der Waals surface area contributed by atoms with E-state index in [0.717, 1.165) is 65.6 Å². The molecule has 0 spiro atoms. The summed E-state index contributed by atoms with van der Waals surface area (Å²) in [6, 6.07) is 13.3. The molecule has 31 heavy (non-hydrogen) atoms. The first kappa shape index (κ1) is 22.8. The zero-order chi connectivity index (χ0) is 22.2. The lowest BCUT2D eigenvalue weighted by atomic mass is 9.89. The number of ether oxygens (including phenoxy) is 2. The third-order valence-electron chi connectivity index (χ3n) is 5.63. The highest BCUT2D eigenvalue weighted by Crippen LogP contribution is 2.35. The Morgan fingerprint density at radius 1 is 0.677 bits per heavy atom. The number of hydrogen-bond donors (Lipinski definition) is 0. The first-order chi connectivity index (χ1) is 15.1. The Morgan fingerprint density at radius 2 is 1.19 bits per heavy atom. The van der Waals surface area contributed by atoms with E-state index in [0.29, 0.717) is 24.3 Å². The zero-order valence-corrected chi connectivity index (χ0v) is 18.8. The number of aryl methyl sites for hydroxylation is 1. The maximum absolute atomic E-state index is 13.2. The van der Waals surface area contributed by atoms with E-state index >= 15 is 0 Å². The second-order valence-electron chi connectivity index (χ2n) is 7.98. The van der Waals surface area contributed by atoms with Gasteiger partial charge in [-0.25, -0.2) is 9.59 Å². The lowest BCUT2D eigenvalue weighted by Crippen LogP contribution is -2.13. The van der Waals surface area contributed by atoms with Crippen molar-refractivity contribution in [3.05, 3.63) is 59.2 Å². The van der Waals surface area contributed by atoms with E-state index in [-0.39, 0.29) is 11.9 Å². The van der Waals surface area contributed by atoms with Crippen molar-refractivity contribution in [1.82, 2.24) is 0 Å². The van der Waals surface area contributed by atoms with Gasteiger partial charge in [0.2, 0.25) is 0 Å². The van der Waals surface area contributed by atoms with Crippen LogP contribution in [0.1, 0.15) is 78.7 Å². The maximum Gasteiger partial charge on any atom is 0.339 e. The molecular formula is C27H32O4. The second kappa shape index (κ2) is 10.9. The molecule has 0 atom stereocenters. The van der Waals surface area contributed by atoms with Crippen LogP contribution in [0.5, 0.6) is 0 Å². The molecule has 0 aliphatic rings. The number of carbonyl (C=O) groups excluding carboxylic acids is 2. The minimum atomic E-state index is -0.342. The molecule has 0 amide bonds. The van der Waals surface area contributed by atoms with Gasteiger partial charge in [0.25, 0.3) is 0 Å². The predicted octanol–water partition coefficient (Wildman–Crippen LogP) is 7.00. The van der Waals surface area contributed by atoms with Crippen LogP contribution < -0.4 is 0 Å². The molecule has 4 nitrogen and oxygen atoms in total. The van der Waals surface area contributed by atoms with Gasteiger partial charge in [0.15, 0.2) is 0 Å². The van der Waals surface area contributed by atoms with Crippen LogP contribution in [0.2, 0.25) is 0 Å². The van der Waals surface area contributed by atoms with Gasteiger partial charge in [-0.1, -0.05) is 82.0 Å². The third-order valence-corrected chi connectivity index (χ3v) is 5.63. The number of fused-ring (bicyclic) bond motifs is 2. The van der Waals surface area contributed by atoms with Gasteiger partial charge >= 0.3 is 11.9 Å². The van der Waals surface area contributed by atoms with Crippen molar-refractivity contribution in [2.75, 3.05) is 13.2 Å². The Bertz CT molecular complexity index is 1070. The lowest BCUT2D eigenvalue weighted by molar-refractivity contribution is 0.0490. The van der Waals surface area contributed by atoms with Crippen molar-refractivity contribution in [3.63, 3.8) is 0 Å². The topological polar surface area (TPSA) is 52.6 Å². The first-order valence-electron chi connectivity index (χ1n) is 11.4. The van der Waals surface area contributed by atoms with E-state index in [1.807, 2.05) is 49.4 Å². The molecule has 0 bridgehead atoms. The lowest BCUT2D eigenvalue weighted by Gasteiger charge is -2.17. The standard InChI is InChI=1S/C27H32O4/c1-4-6-10-17-30-26(28)24-20-14-8-9-15-21(20)25(27(29)31-18-11-7-5-2)23-19(3)13-12-16-22(23)24/h8-9,12-16H,4-7,10-11,17-18H2,1-3H3. The van der Waals surface area contributed by atoms with E-state index < -0.39 is 0 Å². The number of unbranched alkanes of at least 4 members (excludes halogenated alkanes) is 4. The molecule has 0 fully saturated rings. The highest BCUT2D eigenvalue weighted by molar-refractivity contribution is 6.25. The Labute approximate surface area is 184 Å². The number of carbonyl (C=O) groups is 2. The van der Waals surface area contributed by atoms with Crippen LogP contribution in [0.3, 0.4) is 0 Å². The second-order valence-corrected chi connectivity index (χ2v) is 7.98. The van der Waals surface area contributed by atoms with Gasteiger partial charge in [-0.2, -0.15) is 0 Å². The minimum absolute atomic E-state index is 0.338. The summed E-state index contributed by atoms with van der Waals surface area (Å²) in [6.45, 7) is 6.99. The van der Waals surface area contributed by atoms with E-state index in [9.17, 15) is 9.59 Å². The molecule has 0 N–H and O–H groups in total. The van der Waals surface area contributed by atoms with Gasteiger partial charge in [0.1, 0.15) is 0 Å². The summed E-state index contributed by atoms with van der Waals surface area (Å²) in [5.41, 5.74) is 1.99. The third kappa shape index (κ3) is 5.07. The van der Waals surface area contributed by atoms with Gasteiger partial charge in [-0.15, -0.1) is 0 Å². The average molecular weight is 421 g/mol. The highest BCUT2D eigenvalue weighted by Gasteiger charge is 2.24. The van der Waals surface area contributed by atoms with Crippen molar-refractivity contribution in [3.8, 4) is 0 Å². The first-order valence-corrected chi connectivity index (χ1v) is 11.4. The number of hydrogen-bond acceptors (Lipinski definition) is 4. The van der Waals surface area contributed by atoms with Crippen LogP contribution >= 0.6 is 0 Å². The molecule has 164 valence electrons. The van der Waals surface area contributed by atoms with Crippen LogP contribution in [0, 0.1) is 6.92 Å². The summed E-state index contributed by atoms with van der Waals surface area (Å²) in [4.78, 5) is 26.3. The molecule has 0 aliphatic carbocycles. The summed E-state index contributed by atoms with van der Waals surface area (Å²) in [5, 5.41) is 2.95. The van der Waals surface area contributed by atoms with Gasteiger partial charge in [0.05, 0.1) is 24.3 Å². The van der Waals surface area contributed by atoms with Crippen LogP contribution in [-0.2, 0) is 9.47 Å². The molecule has 4 heteroatoms. The number of esters is 2. The SMILES string of the molecule is CCCCCOC(=O)c1c2ccccc2c(C(=O)OCCCCC)c2c(C)cccc12. The van der Waals surface area contributed by atoms with Gasteiger partial charge in [-0.05, 0) is 41.5 Å². The summed E-state index contributed by atoms with van der Waals surface area (Å²) in [7, 11) is 0. The highest BCUT2D eigenvalue weighted by atomic mass is 16.5. The van der Waals surface area contributed by atoms with E-state index in [4.69, 9.17) is 9.47 Å². The van der Waals surface area contributed by atoms with E-state index in [1.54, 1.807) is 0 Å². The van der Waals surface area contributed by atoms with Crippen molar-refractivity contribution in [1.29, 1.82) is 0 Å². The van der Waals surface area contributed by atoms with Crippen molar-refractivity contribution in [2.45, 2.75) is 59.3 Å². The van der Waals surface area contributed by atoms with Crippen LogP contribution in [-0.4, -0.2) is 25.2 Å². The molecule has 3 rings (SSSR count). The smallest absolute Gasteiger partial charge is 0.339 e. The zero-order valence-electron chi connectivity index (χ0n) is 18.8. The number of benzene rings is 3. The maximum atomic E-state index is 13.2. The Balaban J connectivity index is 2.13. The Kier molecular flexibility index (Phi) is 8.05. The molecule has 0 radical (unpaired) electrons. The molecule has 0 saturated heterocycles. The van der Waals surface area contributed by atoms with Crippen molar-refractivity contribution < 1.29 is 19.1 Å². The number of rotatable bonds is 10. The molecule has 3 aromatic rings. The molecule has 0 aliphatic heterocycles. The molecule has 3 aromatic carbocycles.